The van der Waals surface area contributed by atoms with E-state index >= 15 is 0 Å². The highest BCUT2D eigenvalue weighted by atomic mass is 16.1. The van der Waals surface area contributed by atoms with Crippen LogP contribution in [0, 0.1) is 0 Å². The van der Waals surface area contributed by atoms with Gasteiger partial charge in [0.2, 0.25) is 0 Å². The summed E-state index contributed by atoms with van der Waals surface area (Å²) < 4.78 is 0. The third-order valence-corrected chi connectivity index (χ3v) is 2.83. The fourth-order valence-electron chi connectivity index (χ4n) is 1.81. The van der Waals surface area contributed by atoms with Crippen LogP contribution in [0.3, 0.4) is 0 Å². The molecule has 0 aliphatic rings. The van der Waals surface area contributed by atoms with Crippen LogP contribution in [0.5, 0.6) is 0 Å². The van der Waals surface area contributed by atoms with Gasteiger partial charge in [0.1, 0.15) is 0 Å². The van der Waals surface area contributed by atoms with Crippen LogP contribution in [0.15, 0.2) is 48.7 Å². The molecule has 92 valence electrons. The van der Waals surface area contributed by atoms with Gasteiger partial charge < -0.3 is 5.73 Å². The van der Waals surface area contributed by atoms with E-state index in [4.69, 9.17) is 5.73 Å². The number of ketones is 1. The predicted molar refractivity (Wildman–Crippen MR) is 71.2 cm³/mol. The van der Waals surface area contributed by atoms with Gasteiger partial charge in [-0.15, -0.1) is 0 Å². The molecule has 0 aliphatic heterocycles. The van der Waals surface area contributed by atoms with Gasteiger partial charge in [-0.1, -0.05) is 30.3 Å². The molecule has 0 radical (unpaired) electrons. The minimum absolute atomic E-state index is 0.135. The number of rotatable bonds is 5. The molecule has 2 aromatic rings. The number of hydrogen-bond donors (Lipinski definition) is 1. The molecular formula is C15H16N2O. The van der Waals surface area contributed by atoms with Crippen LogP contribution in [0.1, 0.15) is 28.0 Å². The van der Waals surface area contributed by atoms with Crippen molar-refractivity contribution in [3.05, 3.63) is 65.5 Å². The second kappa shape index (κ2) is 6.07. The molecule has 1 aromatic heterocycles. The molecule has 0 bridgehead atoms. The Bertz CT molecular complexity index is 523. The average molecular weight is 240 g/mol. The molecular weight excluding hydrogens is 224 g/mol. The summed E-state index contributed by atoms with van der Waals surface area (Å²) in [6, 6.07) is 13.5. The number of carbonyl (C=O) groups is 1. The van der Waals surface area contributed by atoms with Gasteiger partial charge >= 0.3 is 0 Å². The van der Waals surface area contributed by atoms with Crippen molar-refractivity contribution < 1.29 is 4.79 Å². The number of nitrogens with zero attached hydrogens (tertiary/aromatic N) is 1. The zero-order chi connectivity index (χ0) is 12.8. The number of aryl methyl sites for hydroxylation is 1. The maximum absolute atomic E-state index is 12.0. The topological polar surface area (TPSA) is 56.0 Å². The number of Topliss-reactive ketones (excluding diaryl/α,β-unsaturated/α-hetero) is 1. The predicted octanol–water partition coefficient (Wildman–Crippen LogP) is 2.36. The van der Waals surface area contributed by atoms with Gasteiger partial charge in [0.05, 0.1) is 5.69 Å². The first kappa shape index (κ1) is 12.5. The fraction of sp³-hybridized carbons (Fsp3) is 0.200. The molecule has 0 fully saturated rings. The van der Waals surface area contributed by atoms with E-state index in [9.17, 15) is 4.79 Å². The van der Waals surface area contributed by atoms with Crippen LogP contribution in [0.4, 0.5) is 0 Å². The molecule has 3 heteroatoms. The van der Waals surface area contributed by atoms with E-state index in [1.54, 1.807) is 18.3 Å². The molecule has 0 saturated heterocycles. The third kappa shape index (κ3) is 3.25. The summed E-state index contributed by atoms with van der Waals surface area (Å²) in [5.74, 6) is 0.135. The number of pyridine rings is 1. The van der Waals surface area contributed by atoms with Crippen molar-refractivity contribution in [1.82, 2.24) is 4.98 Å². The Hall–Kier alpha value is -2.00. The van der Waals surface area contributed by atoms with Crippen LogP contribution in [0.25, 0.3) is 0 Å². The largest absolute Gasteiger partial charge is 0.325 e. The minimum atomic E-state index is 0.135. The summed E-state index contributed by atoms with van der Waals surface area (Å²) in [7, 11) is 0. The molecule has 2 rings (SSSR count). The van der Waals surface area contributed by atoms with E-state index in [1.807, 2.05) is 30.3 Å². The van der Waals surface area contributed by atoms with Crippen molar-refractivity contribution >= 4 is 5.78 Å². The smallest absolute Gasteiger partial charge is 0.163 e. The molecule has 0 aliphatic carbocycles. The van der Waals surface area contributed by atoms with Gasteiger partial charge in [-0.05, 0) is 24.1 Å². The zero-order valence-corrected chi connectivity index (χ0v) is 10.2. The molecule has 0 spiro atoms. The van der Waals surface area contributed by atoms with Crippen LogP contribution in [-0.2, 0) is 13.0 Å². The first-order chi connectivity index (χ1) is 8.79. The second-order valence-electron chi connectivity index (χ2n) is 4.15. The first-order valence-electron chi connectivity index (χ1n) is 6.01. The first-order valence-corrected chi connectivity index (χ1v) is 6.01. The van der Waals surface area contributed by atoms with E-state index in [1.165, 1.54) is 5.56 Å². The van der Waals surface area contributed by atoms with Crippen LogP contribution >= 0.6 is 0 Å². The van der Waals surface area contributed by atoms with Gasteiger partial charge in [-0.2, -0.15) is 0 Å². The van der Waals surface area contributed by atoms with E-state index in [-0.39, 0.29) is 5.78 Å². The highest BCUT2D eigenvalue weighted by molar-refractivity contribution is 5.96. The lowest BCUT2D eigenvalue weighted by Crippen LogP contribution is -2.05. The van der Waals surface area contributed by atoms with Gasteiger partial charge in [0.25, 0.3) is 0 Å². The Morgan fingerprint density at radius 2 is 1.94 bits per heavy atom. The number of hydrogen-bond acceptors (Lipinski definition) is 3. The van der Waals surface area contributed by atoms with E-state index in [0.29, 0.717) is 18.5 Å². The molecule has 1 aromatic carbocycles. The van der Waals surface area contributed by atoms with Crippen LogP contribution in [-0.4, -0.2) is 10.8 Å². The quantitative estimate of drug-likeness (QED) is 0.816. The van der Waals surface area contributed by atoms with Crippen LogP contribution < -0.4 is 5.73 Å². The maximum Gasteiger partial charge on any atom is 0.163 e. The monoisotopic (exact) mass is 240 g/mol. The number of benzene rings is 1. The zero-order valence-electron chi connectivity index (χ0n) is 10.2. The molecule has 2 N–H and O–H groups in total. The summed E-state index contributed by atoms with van der Waals surface area (Å²) in [5.41, 5.74) is 8.14. The number of aromatic nitrogens is 1. The van der Waals surface area contributed by atoms with Crippen molar-refractivity contribution in [3.8, 4) is 0 Å². The van der Waals surface area contributed by atoms with Gasteiger partial charge in [-0.3, -0.25) is 9.78 Å². The SMILES string of the molecule is NCc1cc(C(=O)CCc2ccccc2)ccn1. The lowest BCUT2D eigenvalue weighted by atomic mass is 10.0. The number of carbonyl (C=O) groups excluding carboxylic acids is 1. The fourth-order valence-corrected chi connectivity index (χ4v) is 1.81. The summed E-state index contributed by atoms with van der Waals surface area (Å²) in [6.07, 6.45) is 2.91. The second-order valence-corrected chi connectivity index (χ2v) is 4.15. The van der Waals surface area contributed by atoms with Gasteiger partial charge in [-0.25, -0.2) is 0 Å². The highest BCUT2D eigenvalue weighted by Gasteiger charge is 2.07. The lowest BCUT2D eigenvalue weighted by Gasteiger charge is -2.03. The molecule has 0 atom stereocenters. The van der Waals surface area contributed by atoms with Gasteiger partial charge in [0.15, 0.2) is 5.78 Å². The van der Waals surface area contributed by atoms with E-state index in [2.05, 4.69) is 4.98 Å². The third-order valence-electron chi connectivity index (χ3n) is 2.83. The van der Waals surface area contributed by atoms with E-state index < -0.39 is 0 Å². The minimum Gasteiger partial charge on any atom is -0.325 e. The molecule has 3 nitrogen and oxygen atoms in total. The maximum atomic E-state index is 12.0. The summed E-state index contributed by atoms with van der Waals surface area (Å²) in [6.45, 7) is 0.361. The molecule has 18 heavy (non-hydrogen) atoms. The molecule has 0 amide bonds. The standard InChI is InChI=1S/C15H16N2O/c16-11-14-10-13(8-9-17-14)15(18)7-6-12-4-2-1-3-5-12/h1-5,8-10H,6-7,11,16H2. The Morgan fingerprint density at radius 3 is 2.67 bits per heavy atom. The van der Waals surface area contributed by atoms with Crippen molar-refractivity contribution in [2.75, 3.05) is 0 Å². The van der Waals surface area contributed by atoms with Crippen molar-refractivity contribution in [3.63, 3.8) is 0 Å². The Kier molecular flexibility index (Phi) is 4.20. The van der Waals surface area contributed by atoms with Crippen molar-refractivity contribution in [2.24, 2.45) is 5.73 Å². The van der Waals surface area contributed by atoms with Gasteiger partial charge in [0, 0.05) is 24.7 Å². The Morgan fingerprint density at radius 1 is 1.17 bits per heavy atom. The Labute approximate surface area is 107 Å². The summed E-state index contributed by atoms with van der Waals surface area (Å²) in [5, 5.41) is 0. The number of nitrogens with two attached hydrogens (primary N) is 1. The highest BCUT2D eigenvalue weighted by Crippen LogP contribution is 2.09. The molecule has 0 saturated carbocycles. The molecule has 1 heterocycles. The normalized spacial score (nSPS) is 10.3. The Balaban J connectivity index is 1.99. The molecule has 0 unspecified atom stereocenters. The van der Waals surface area contributed by atoms with Crippen molar-refractivity contribution in [1.29, 1.82) is 0 Å². The average Bonchev–Trinajstić information content (AvgIpc) is 2.46. The van der Waals surface area contributed by atoms with E-state index in [0.717, 1.165) is 12.1 Å². The van der Waals surface area contributed by atoms with Crippen molar-refractivity contribution in [2.45, 2.75) is 19.4 Å². The summed E-state index contributed by atoms with van der Waals surface area (Å²) in [4.78, 5) is 16.1. The summed E-state index contributed by atoms with van der Waals surface area (Å²) >= 11 is 0. The van der Waals surface area contributed by atoms with Crippen LogP contribution in [0.2, 0.25) is 0 Å². The lowest BCUT2D eigenvalue weighted by molar-refractivity contribution is 0.0982.